The number of nitrogens with one attached hydrogen (secondary N) is 1. The molecule has 3 aromatic carbocycles. The van der Waals surface area contributed by atoms with E-state index in [0.717, 1.165) is 11.3 Å². The maximum atomic E-state index is 12.7. The van der Waals surface area contributed by atoms with Gasteiger partial charge in [0.05, 0.1) is 14.2 Å². The molecule has 0 fully saturated rings. The Balaban J connectivity index is 1.96. The maximum absolute atomic E-state index is 12.7. The fourth-order valence-corrected chi connectivity index (χ4v) is 2.70. The second kappa shape index (κ2) is 8.72. The summed E-state index contributed by atoms with van der Waals surface area (Å²) in [4.78, 5) is 12.7. The standard InChI is InChI=1S/C23H21NO3/c1-26-22-14-13-19(15-23(22)27-2)24-20(17-9-5-3-6-10-17)16-21(25)18-11-7-4-8-12-18/h3-16,24H,1-2H3/b20-16-. The smallest absolute Gasteiger partial charge is 0.187 e. The molecule has 0 heterocycles. The summed E-state index contributed by atoms with van der Waals surface area (Å²) >= 11 is 0. The minimum atomic E-state index is -0.0672. The molecule has 3 rings (SSSR count). The van der Waals surface area contributed by atoms with Gasteiger partial charge in [-0.1, -0.05) is 60.7 Å². The first-order valence-corrected chi connectivity index (χ1v) is 8.57. The first-order valence-electron chi connectivity index (χ1n) is 8.57. The van der Waals surface area contributed by atoms with Gasteiger partial charge in [-0.15, -0.1) is 0 Å². The fraction of sp³-hybridized carbons (Fsp3) is 0.0870. The second-order valence-corrected chi connectivity index (χ2v) is 5.85. The van der Waals surface area contributed by atoms with Gasteiger partial charge in [-0.3, -0.25) is 4.79 Å². The summed E-state index contributed by atoms with van der Waals surface area (Å²) in [7, 11) is 3.19. The van der Waals surface area contributed by atoms with Crippen molar-refractivity contribution in [2.24, 2.45) is 0 Å². The van der Waals surface area contributed by atoms with Crippen LogP contribution in [0.1, 0.15) is 15.9 Å². The van der Waals surface area contributed by atoms with Crippen molar-refractivity contribution >= 4 is 17.2 Å². The molecule has 27 heavy (non-hydrogen) atoms. The molecular formula is C23H21NO3. The third-order valence-corrected chi connectivity index (χ3v) is 4.08. The van der Waals surface area contributed by atoms with Crippen LogP contribution < -0.4 is 14.8 Å². The van der Waals surface area contributed by atoms with Crippen molar-refractivity contribution in [1.29, 1.82) is 0 Å². The zero-order valence-corrected chi connectivity index (χ0v) is 15.3. The van der Waals surface area contributed by atoms with E-state index in [1.165, 1.54) is 0 Å². The molecule has 136 valence electrons. The SMILES string of the molecule is COc1ccc(N/C(=C\C(=O)c2ccccc2)c2ccccc2)cc1OC. The second-order valence-electron chi connectivity index (χ2n) is 5.85. The number of ketones is 1. The lowest BCUT2D eigenvalue weighted by molar-refractivity contribution is 0.104. The lowest BCUT2D eigenvalue weighted by Crippen LogP contribution is -2.04. The normalized spacial score (nSPS) is 11.0. The first-order chi connectivity index (χ1) is 13.2. The zero-order chi connectivity index (χ0) is 19.1. The van der Waals surface area contributed by atoms with Gasteiger partial charge < -0.3 is 14.8 Å². The largest absolute Gasteiger partial charge is 0.493 e. The molecule has 0 radical (unpaired) electrons. The van der Waals surface area contributed by atoms with E-state index in [1.807, 2.05) is 66.7 Å². The highest BCUT2D eigenvalue weighted by Gasteiger charge is 2.10. The van der Waals surface area contributed by atoms with Crippen LogP contribution in [0.25, 0.3) is 5.70 Å². The monoisotopic (exact) mass is 359 g/mol. The van der Waals surface area contributed by atoms with E-state index < -0.39 is 0 Å². The number of carbonyl (C=O) groups is 1. The average Bonchev–Trinajstić information content (AvgIpc) is 2.74. The molecule has 0 atom stereocenters. The van der Waals surface area contributed by atoms with Crippen LogP contribution in [-0.4, -0.2) is 20.0 Å². The molecule has 0 spiro atoms. The van der Waals surface area contributed by atoms with Crippen molar-refractivity contribution in [1.82, 2.24) is 0 Å². The van der Waals surface area contributed by atoms with E-state index in [9.17, 15) is 4.79 Å². The molecule has 0 aliphatic rings. The van der Waals surface area contributed by atoms with Gasteiger partial charge in [0.25, 0.3) is 0 Å². The Hall–Kier alpha value is -3.53. The van der Waals surface area contributed by atoms with Crippen molar-refractivity contribution in [3.05, 3.63) is 96.1 Å². The van der Waals surface area contributed by atoms with E-state index >= 15 is 0 Å². The van der Waals surface area contributed by atoms with Crippen LogP contribution in [0.4, 0.5) is 5.69 Å². The fourth-order valence-electron chi connectivity index (χ4n) is 2.70. The molecule has 4 nitrogen and oxygen atoms in total. The Morgan fingerprint density at radius 2 is 1.37 bits per heavy atom. The minimum Gasteiger partial charge on any atom is -0.493 e. The van der Waals surface area contributed by atoms with Crippen molar-refractivity contribution < 1.29 is 14.3 Å². The summed E-state index contributed by atoms with van der Waals surface area (Å²) in [5.74, 6) is 1.19. The molecule has 0 amide bonds. The molecule has 1 N–H and O–H groups in total. The number of rotatable bonds is 7. The number of anilines is 1. The summed E-state index contributed by atoms with van der Waals surface area (Å²) < 4.78 is 10.6. The first kappa shape index (κ1) is 18.3. The highest BCUT2D eigenvalue weighted by atomic mass is 16.5. The minimum absolute atomic E-state index is 0.0672. The van der Waals surface area contributed by atoms with Crippen LogP contribution in [-0.2, 0) is 0 Å². The molecular weight excluding hydrogens is 338 g/mol. The average molecular weight is 359 g/mol. The predicted molar refractivity (Wildman–Crippen MR) is 108 cm³/mol. The molecule has 0 aliphatic heterocycles. The van der Waals surface area contributed by atoms with Gasteiger partial charge >= 0.3 is 0 Å². The Morgan fingerprint density at radius 3 is 1.96 bits per heavy atom. The van der Waals surface area contributed by atoms with Gasteiger partial charge in [-0.2, -0.15) is 0 Å². The van der Waals surface area contributed by atoms with Gasteiger partial charge in [-0.05, 0) is 17.7 Å². The number of benzene rings is 3. The lowest BCUT2D eigenvalue weighted by atomic mass is 10.1. The molecule has 0 aliphatic carbocycles. The molecule has 0 bridgehead atoms. The van der Waals surface area contributed by atoms with E-state index in [4.69, 9.17) is 9.47 Å². The van der Waals surface area contributed by atoms with Gasteiger partial charge in [0.15, 0.2) is 17.3 Å². The van der Waals surface area contributed by atoms with Crippen LogP contribution in [0, 0.1) is 0 Å². The summed E-state index contributed by atoms with van der Waals surface area (Å²) in [5.41, 5.74) is 3.05. The van der Waals surface area contributed by atoms with E-state index in [-0.39, 0.29) is 5.78 Å². The zero-order valence-electron chi connectivity index (χ0n) is 15.3. The van der Waals surface area contributed by atoms with E-state index in [2.05, 4.69) is 5.32 Å². The summed E-state index contributed by atoms with van der Waals surface area (Å²) in [6.45, 7) is 0. The van der Waals surface area contributed by atoms with Crippen molar-refractivity contribution in [2.75, 3.05) is 19.5 Å². The quantitative estimate of drug-likeness (QED) is 0.474. The molecule has 0 saturated carbocycles. The lowest BCUT2D eigenvalue weighted by Gasteiger charge is -2.14. The Kier molecular flexibility index (Phi) is 5.90. The van der Waals surface area contributed by atoms with Crippen LogP contribution >= 0.6 is 0 Å². The van der Waals surface area contributed by atoms with Crippen molar-refractivity contribution in [3.63, 3.8) is 0 Å². The number of methoxy groups -OCH3 is 2. The molecule has 0 unspecified atom stereocenters. The Bertz CT molecular complexity index is 934. The van der Waals surface area contributed by atoms with Crippen LogP contribution in [0.15, 0.2) is 84.9 Å². The number of hydrogen-bond acceptors (Lipinski definition) is 4. The maximum Gasteiger partial charge on any atom is 0.187 e. The predicted octanol–water partition coefficient (Wildman–Crippen LogP) is 5.04. The highest BCUT2D eigenvalue weighted by molar-refractivity contribution is 6.09. The molecule has 4 heteroatoms. The Labute approximate surface area is 159 Å². The van der Waals surface area contributed by atoms with Crippen LogP contribution in [0.2, 0.25) is 0 Å². The molecule has 3 aromatic rings. The Morgan fingerprint density at radius 1 is 0.778 bits per heavy atom. The summed E-state index contributed by atoms with van der Waals surface area (Å²) in [6, 6.07) is 24.5. The van der Waals surface area contributed by atoms with Gasteiger partial charge in [0.1, 0.15) is 0 Å². The van der Waals surface area contributed by atoms with Gasteiger partial charge in [0.2, 0.25) is 0 Å². The van der Waals surface area contributed by atoms with Gasteiger partial charge in [-0.25, -0.2) is 0 Å². The summed E-state index contributed by atoms with van der Waals surface area (Å²) in [5, 5.41) is 3.33. The van der Waals surface area contributed by atoms with E-state index in [0.29, 0.717) is 22.8 Å². The topological polar surface area (TPSA) is 47.6 Å². The number of hydrogen-bond donors (Lipinski definition) is 1. The van der Waals surface area contributed by atoms with E-state index in [1.54, 1.807) is 32.4 Å². The highest BCUT2D eigenvalue weighted by Crippen LogP contribution is 2.31. The van der Waals surface area contributed by atoms with Crippen LogP contribution in [0.5, 0.6) is 11.5 Å². The number of ether oxygens (including phenoxy) is 2. The third-order valence-electron chi connectivity index (χ3n) is 4.08. The number of carbonyl (C=O) groups excluding carboxylic acids is 1. The molecule has 0 aromatic heterocycles. The van der Waals surface area contributed by atoms with Crippen molar-refractivity contribution in [3.8, 4) is 11.5 Å². The molecule has 0 saturated heterocycles. The third kappa shape index (κ3) is 4.55. The van der Waals surface area contributed by atoms with Gasteiger partial charge in [0, 0.05) is 29.1 Å². The number of allylic oxidation sites excluding steroid dienone is 1. The van der Waals surface area contributed by atoms with Crippen LogP contribution in [0.3, 0.4) is 0 Å². The summed E-state index contributed by atoms with van der Waals surface area (Å²) in [6.07, 6.45) is 1.61. The van der Waals surface area contributed by atoms with Crippen molar-refractivity contribution in [2.45, 2.75) is 0 Å².